The summed E-state index contributed by atoms with van der Waals surface area (Å²) in [6.45, 7) is 1.94. The molecule has 7 nitrogen and oxygen atoms in total. The number of carbonyl (C=O) groups is 2. The van der Waals surface area contributed by atoms with Gasteiger partial charge in [0.2, 0.25) is 5.91 Å². The third-order valence-electron chi connectivity index (χ3n) is 3.66. The topological polar surface area (TPSA) is 113 Å². The molecular weight excluding hydrogens is 258 g/mol. The van der Waals surface area contributed by atoms with Crippen LogP contribution in [0, 0.1) is 0 Å². The third-order valence-corrected chi connectivity index (χ3v) is 3.66. The maximum atomic E-state index is 12.1. The molecule has 1 atom stereocenters. The summed E-state index contributed by atoms with van der Waals surface area (Å²) in [5, 5.41) is 5.40. The number of nitrogens with two attached hydrogens (primary N) is 2. The first-order chi connectivity index (χ1) is 9.58. The van der Waals surface area contributed by atoms with Crippen molar-refractivity contribution in [2.24, 2.45) is 11.5 Å². The molecule has 0 aromatic carbocycles. The maximum absolute atomic E-state index is 12.1. The van der Waals surface area contributed by atoms with Gasteiger partial charge in [-0.1, -0.05) is 6.42 Å². The number of hydrogen-bond acceptors (Lipinski definition) is 4. The van der Waals surface area contributed by atoms with Gasteiger partial charge in [-0.2, -0.15) is 0 Å². The van der Waals surface area contributed by atoms with E-state index in [1.54, 1.807) is 11.9 Å². The average molecular weight is 285 g/mol. The molecule has 0 spiro atoms. The van der Waals surface area contributed by atoms with Crippen molar-refractivity contribution in [1.82, 2.24) is 15.5 Å². The number of amides is 3. The van der Waals surface area contributed by atoms with Crippen molar-refractivity contribution >= 4 is 11.9 Å². The quantitative estimate of drug-likeness (QED) is 0.486. The highest BCUT2D eigenvalue weighted by Crippen LogP contribution is 2.12. The van der Waals surface area contributed by atoms with Crippen molar-refractivity contribution in [2.75, 3.05) is 26.7 Å². The molecule has 0 aromatic heterocycles. The van der Waals surface area contributed by atoms with E-state index in [4.69, 9.17) is 11.5 Å². The molecule has 0 aromatic rings. The van der Waals surface area contributed by atoms with Crippen LogP contribution in [0.3, 0.4) is 0 Å². The molecule has 1 rings (SSSR count). The van der Waals surface area contributed by atoms with Crippen LogP contribution in [0.2, 0.25) is 0 Å². The van der Waals surface area contributed by atoms with Crippen LogP contribution in [0.4, 0.5) is 4.79 Å². The van der Waals surface area contributed by atoms with E-state index in [-0.39, 0.29) is 18.0 Å². The fourth-order valence-electron chi connectivity index (χ4n) is 2.37. The van der Waals surface area contributed by atoms with E-state index in [0.29, 0.717) is 26.1 Å². The summed E-state index contributed by atoms with van der Waals surface area (Å²) in [6.07, 6.45) is 4.02. The van der Waals surface area contributed by atoms with Crippen LogP contribution in [0.5, 0.6) is 0 Å². The van der Waals surface area contributed by atoms with Gasteiger partial charge in [-0.05, 0) is 32.2 Å². The van der Waals surface area contributed by atoms with Crippen LogP contribution in [0.15, 0.2) is 0 Å². The lowest BCUT2D eigenvalue weighted by Gasteiger charge is -2.33. The van der Waals surface area contributed by atoms with Crippen molar-refractivity contribution in [3.63, 3.8) is 0 Å². The van der Waals surface area contributed by atoms with Crippen molar-refractivity contribution in [3.8, 4) is 0 Å². The third kappa shape index (κ3) is 5.34. The molecule has 1 aliphatic heterocycles. The largest absolute Gasteiger partial charge is 0.341 e. The molecular formula is C13H27N5O2. The normalized spacial score (nSPS) is 17.6. The Balaban J connectivity index is 2.29. The lowest BCUT2D eigenvalue weighted by Crippen LogP contribution is -2.51. The van der Waals surface area contributed by atoms with Crippen molar-refractivity contribution in [2.45, 2.75) is 44.2 Å². The zero-order chi connectivity index (χ0) is 15.0. The first kappa shape index (κ1) is 16.7. The zero-order valence-corrected chi connectivity index (χ0v) is 12.2. The van der Waals surface area contributed by atoms with Gasteiger partial charge in [-0.25, -0.2) is 4.79 Å². The number of carbonyl (C=O) groups excluding carboxylic acids is 2. The molecule has 7 heteroatoms. The molecule has 0 bridgehead atoms. The van der Waals surface area contributed by atoms with Crippen molar-refractivity contribution < 1.29 is 9.59 Å². The predicted molar refractivity (Wildman–Crippen MR) is 78.1 cm³/mol. The number of unbranched alkanes of at least 4 members (excludes halogenated alkanes) is 1. The summed E-state index contributed by atoms with van der Waals surface area (Å²) in [5.74, 6) is 0.0143. The highest BCUT2D eigenvalue weighted by atomic mass is 16.2. The van der Waals surface area contributed by atoms with Crippen molar-refractivity contribution in [3.05, 3.63) is 0 Å². The minimum absolute atomic E-state index is 0.0143. The molecule has 20 heavy (non-hydrogen) atoms. The monoisotopic (exact) mass is 285 g/mol. The van der Waals surface area contributed by atoms with E-state index in [1.807, 2.05) is 0 Å². The van der Waals surface area contributed by atoms with E-state index in [0.717, 1.165) is 25.7 Å². The first-order valence-corrected chi connectivity index (χ1v) is 7.31. The molecule has 3 amide bonds. The van der Waals surface area contributed by atoms with Gasteiger partial charge < -0.3 is 27.0 Å². The molecule has 116 valence electrons. The Kier molecular flexibility index (Phi) is 7.32. The fourth-order valence-corrected chi connectivity index (χ4v) is 2.37. The maximum Gasteiger partial charge on any atom is 0.314 e. The Morgan fingerprint density at radius 1 is 1.30 bits per heavy atom. The van der Waals surface area contributed by atoms with Crippen LogP contribution in [-0.2, 0) is 4.79 Å². The van der Waals surface area contributed by atoms with Gasteiger partial charge in [0.1, 0.15) is 0 Å². The van der Waals surface area contributed by atoms with Gasteiger partial charge >= 0.3 is 6.03 Å². The second kappa shape index (κ2) is 8.76. The van der Waals surface area contributed by atoms with Gasteiger partial charge in [-0.15, -0.1) is 0 Å². The van der Waals surface area contributed by atoms with Crippen LogP contribution in [0.1, 0.15) is 32.1 Å². The Morgan fingerprint density at radius 3 is 2.50 bits per heavy atom. The summed E-state index contributed by atoms with van der Waals surface area (Å²) < 4.78 is 0. The molecule has 1 fully saturated rings. The number of likely N-dealkylation sites (tertiary alicyclic amines) is 1. The highest BCUT2D eigenvalue weighted by Gasteiger charge is 2.26. The van der Waals surface area contributed by atoms with Crippen LogP contribution in [0.25, 0.3) is 0 Å². The summed E-state index contributed by atoms with van der Waals surface area (Å²) >= 11 is 0. The molecule has 6 N–H and O–H groups in total. The standard InChI is InChI=1S/C13H27N5O2/c1-16-13(20)17-10-5-8-18(9-6-10)12(19)11(15)4-2-3-7-14/h10-11H,2-9,14-15H2,1H3,(H2,16,17,20)/t11-/m1/s1. The van der Waals surface area contributed by atoms with Crippen LogP contribution < -0.4 is 22.1 Å². The van der Waals surface area contributed by atoms with Crippen molar-refractivity contribution in [1.29, 1.82) is 0 Å². The lowest BCUT2D eigenvalue weighted by atomic mass is 10.0. The molecule has 1 saturated heterocycles. The van der Waals surface area contributed by atoms with E-state index in [9.17, 15) is 9.59 Å². The molecule has 0 aliphatic carbocycles. The highest BCUT2D eigenvalue weighted by molar-refractivity contribution is 5.81. The zero-order valence-electron chi connectivity index (χ0n) is 12.2. The SMILES string of the molecule is CNC(=O)NC1CCN(C(=O)[C@H](N)CCCCN)CC1. The Hall–Kier alpha value is -1.34. The van der Waals surface area contributed by atoms with Gasteiger partial charge in [0, 0.05) is 26.2 Å². The molecule has 0 unspecified atom stereocenters. The fraction of sp³-hybridized carbons (Fsp3) is 0.846. The number of nitrogens with zero attached hydrogens (tertiary/aromatic N) is 1. The lowest BCUT2D eigenvalue weighted by molar-refractivity contribution is -0.133. The summed E-state index contributed by atoms with van der Waals surface area (Å²) in [5.41, 5.74) is 11.3. The molecule has 1 aliphatic rings. The van der Waals surface area contributed by atoms with Gasteiger partial charge in [0.25, 0.3) is 0 Å². The second-order valence-electron chi connectivity index (χ2n) is 5.21. The minimum Gasteiger partial charge on any atom is -0.341 e. The first-order valence-electron chi connectivity index (χ1n) is 7.31. The van der Waals surface area contributed by atoms with E-state index in [2.05, 4.69) is 10.6 Å². The number of hydrogen-bond donors (Lipinski definition) is 4. The number of urea groups is 1. The minimum atomic E-state index is -0.426. The predicted octanol–water partition coefficient (Wildman–Crippen LogP) is -0.637. The number of nitrogens with one attached hydrogen (secondary N) is 2. The summed E-state index contributed by atoms with van der Waals surface area (Å²) in [4.78, 5) is 25.2. The van der Waals surface area contributed by atoms with Gasteiger partial charge in [0.05, 0.1) is 6.04 Å². The second-order valence-corrected chi connectivity index (χ2v) is 5.21. The Bertz CT molecular complexity index is 316. The van der Waals surface area contributed by atoms with Crippen LogP contribution >= 0.6 is 0 Å². The molecule has 0 saturated carbocycles. The molecule has 0 radical (unpaired) electrons. The Morgan fingerprint density at radius 2 is 1.95 bits per heavy atom. The smallest absolute Gasteiger partial charge is 0.314 e. The van der Waals surface area contributed by atoms with E-state index < -0.39 is 6.04 Å². The summed E-state index contributed by atoms with van der Waals surface area (Å²) in [6, 6.07) is -0.467. The Labute approximate surface area is 120 Å². The molecule has 1 heterocycles. The summed E-state index contributed by atoms with van der Waals surface area (Å²) in [7, 11) is 1.59. The number of piperidine rings is 1. The van der Waals surface area contributed by atoms with Gasteiger partial charge in [0.15, 0.2) is 0 Å². The van der Waals surface area contributed by atoms with Crippen LogP contribution in [-0.4, -0.2) is 55.6 Å². The van der Waals surface area contributed by atoms with Gasteiger partial charge in [-0.3, -0.25) is 4.79 Å². The average Bonchev–Trinajstić information content (AvgIpc) is 2.47. The number of rotatable bonds is 6. The van der Waals surface area contributed by atoms with E-state index >= 15 is 0 Å². The van der Waals surface area contributed by atoms with E-state index in [1.165, 1.54) is 0 Å².